The summed E-state index contributed by atoms with van der Waals surface area (Å²) in [7, 11) is 3.50. The molecule has 1 aliphatic heterocycles. The second-order valence-corrected chi connectivity index (χ2v) is 8.01. The molecule has 0 aromatic heterocycles. The first-order valence-corrected chi connectivity index (χ1v) is 9.76. The highest BCUT2D eigenvalue weighted by Gasteiger charge is 2.22. The molecule has 0 bridgehead atoms. The molecular weight excluding hydrogens is 467 g/mol. The van der Waals surface area contributed by atoms with Gasteiger partial charge in [-0.2, -0.15) is 0 Å². The lowest BCUT2D eigenvalue weighted by Gasteiger charge is -2.35. The van der Waals surface area contributed by atoms with E-state index in [0.29, 0.717) is 18.8 Å². The third kappa shape index (κ3) is 8.63. The minimum atomic E-state index is -0.228. The molecule has 1 fully saturated rings. The number of methoxy groups -OCH3 is 1. The van der Waals surface area contributed by atoms with Crippen LogP contribution in [0.15, 0.2) is 29.3 Å². The Balaban J connectivity index is 0.00000392. The first kappa shape index (κ1) is 25.1. The van der Waals surface area contributed by atoms with Crippen molar-refractivity contribution in [3.63, 3.8) is 0 Å². The molecule has 7 heteroatoms. The maximum atomic E-state index is 5.81. The summed E-state index contributed by atoms with van der Waals surface area (Å²) in [5, 5.41) is 6.65. The first-order chi connectivity index (χ1) is 12.8. The van der Waals surface area contributed by atoms with E-state index in [9.17, 15) is 0 Å². The molecule has 1 aromatic carbocycles. The van der Waals surface area contributed by atoms with Crippen molar-refractivity contribution >= 4 is 29.9 Å². The number of nitrogens with one attached hydrogen (secondary N) is 2. The smallest absolute Gasteiger partial charge is 0.191 e. The zero-order chi connectivity index (χ0) is 19.9. The Kier molecular flexibility index (Phi) is 10.7. The van der Waals surface area contributed by atoms with Crippen molar-refractivity contribution in [2.75, 3.05) is 33.8 Å². The molecule has 1 aliphatic rings. The van der Waals surface area contributed by atoms with Crippen LogP contribution in [0.3, 0.4) is 0 Å². The summed E-state index contributed by atoms with van der Waals surface area (Å²) in [6.07, 6.45) is 0.610. The van der Waals surface area contributed by atoms with Crippen LogP contribution in [0.25, 0.3) is 0 Å². The lowest BCUT2D eigenvalue weighted by atomic mass is 10.1. The van der Waals surface area contributed by atoms with Crippen LogP contribution in [0.2, 0.25) is 0 Å². The van der Waals surface area contributed by atoms with Gasteiger partial charge in [0, 0.05) is 46.9 Å². The van der Waals surface area contributed by atoms with E-state index in [1.54, 1.807) is 14.2 Å². The molecule has 6 nitrogen and oxygen atoms in total. The number of hydrogen-bond donors (Lipinski definition) is 2. The van der Waals surface area contributed by atoms with Gasteiger partial charge < -0.3 is 20.1 Å². The van der Waals surface area contributed by atoms with Crippen LogP contribution < -0.4 is 10.6 Å². The van der Waals surface area contributed by atoms with Gasteiger partial charge in [0.15, 0.2) is 5.96 Å². The fourth-order valence-electron chi connectivity index (χ4n) is 3.21. The van der Waals surface area contributed by atoms with Crippen LogP contribution >= 0.6 is 24.0 Å². The molecule has 0 saturated carbocycles. The number of rotatable bonds is 7. The summed E-state index contributed by atoms with van der Waals surface area (Å²) >= 11 is 0. The Morgan fingerprint density at radius 3 is 2.25 bits per heavy atom. The van der Waals surface area contributed by atoms with Crippen LogP contribution in [0, 0.1) is 0 Å². The largest absolute Gasteiger partial charge is 0.377 e. The molecule has 1 aromatic rings. The summed E-state index contributed by atoms with van der Waals surface area (Å²) in [5.74, 6) is 0.778. The van der Waals surface area contributed by atoms with Crippen LogP contribution in [-0.4, -0.2) is 62.5 Å². The molecule has 160 valence electrons. The van der Waals surface area contributed by atoms with Crippen LogP contribution in [0.1, 0.15) is 38.8 Å². The van der Waals surface area contributed by atoms with Gasteiger partial charge in [-0.25, -0.2) is 0 Å². The number of halogens is 1. The maximum Gasteiger partial charge on any atom is 0.191 e. The van der Waals surface area contributed by atoms with Crippen LogP contribution in [0.4, 0.5) is 0 Å². The normalized spacial score (nSPS) is 21.1. The Hall–Kier alpha value is -0.900. The molecule has 0 radical (unpaired) electrons. The van der Waals surface area contributed by atoms with Gasteiger partial charge in [0.25, 0.3) is 0 Å². The van der Waals surface area contributed by atoms with E-state index < -0.39 is 0 Å². The van der Waals surface area contributed by atoms with Gasteiger partial charge in [0.1, 0.15) is 0 Å². The Labute approximate surface area is 187 Å². The van der Waals surface area contributed by atoms with Gasteiger partial charge in [-0.1, -0.05) is 24.3 Å². The van der Waals surface area contributed by atoms with Crippen molar-refractivity contribution in [1.29, 1.82) is 0 Å². The van der Waals surface area contributed by atoms with Gasteiger partial charge >= 0.3 is 0 Å². The predicted octanol–water partition coefficient (Wildman–Crippen LogP) is 3.00. The lowest BCUT2D eigenvalue weighted by molar-refractivity contribution is -0.0704. The molecule has 2 unspecified atom stereocenters. The van der Waals surface area contributed by atoms with Gasteiger partial charge in [-0.05, 0) is 38.8 Å². The number of nitrogens with zero attached hydrogens (tertiary/aromatic N) is 2. The Morgan fingerprint density at radius 1 is 1.14 bits per heavy atom. The molecule has 0 spiro atoms. The summed E-state index contributed by atoms with van der Waals surface area (Å²) < 4.78 is 11.2. The molecule has 28 heavy (non-hydrogen) atoms. The van der Waals surface area contributed by atoms with Crippen LogP contribution in [-0.2, 0) is 22.6 Å². The Bertz CT molecular complexity index is 597. The first-order valence-electron chi connectivity index (χ1n) is 9.76. The number of guanidine groups is 1. The fourth-order valence-corrected chi connectivity index (χ4v) is 3.21. The van der Waals surface area contributed by atoms with Crippen molar-refractivity contribution in [2.24, 2.45) is 4.99 Å². The van der Waals surface area contributed by atoms with E-state index >= 15 is 0 Å². The van der Waals surface area contributed by atoms with Crippen molar-refractivity contribution in [3.8, 4) is 0 Å². The number of morpholine rings is 1. The van der Waals surface area contributed by atoms with Crippen molar-refractivity contribution in [2.45, 2.75) is 58.6 Å². The lowest BCUT2D eigenvalue weighted by Crippen LogP contribution is -2.45. The van der Waals surface area contributed by atoms with E-state index in [0.717, 1.165) is 32.1 Å². The molecule has 2 rings (SSSR count). The molecule has 1 heterocycles. The van der Waals surface area contributed by atoms with E-state index in [4.69, 9.17) is 9.47 Å². The third-order valence-corrected chi connectivity index (χ3v) is 4.84. The monoisotopic (exact) mass is 504 g/mol. The van der Waals surface area contributed by atoms with Crippen molar-refractivity contribution < 1.29 is 9.47 Å². The van der Waals surface area contributed by atoms with Gasteiger partial charge in [0.05, 0.1) is 17.8 Å². The summed E-state index contributed by atoms with van der Waals surface area (Å²) in [6, 6.07) is 8.79. The highest BCUT2D eigenvalue weighted by atomic mass is 127. The second kappa shape index (κ2) is 11.9. The van der Waals surface area contributed by atoms with Gasteiger partial charge in [-0.3, -0.25) is 9.89 Å². The van der Waals surface area contributed by atoms with Crippen LogP contribution in [0.5, 0.6) is 0 Å². The summed E-state index contributed by atoms with van der Waals surface area (Å²) in [5.41, 5.74) is 2.34. The average molecular weight is 504 g/mol. The molecule has 1 saturated heterocycles. The van der Waals surface area contributed by atoms with E-state index in [1.165, 1.54) is 11.1 Å². The highest BCUT2D eigenvalue weighted by Crippen LogP contribution is 2.14. The van der Waals surface area contributed by atoms with E-state index in [1.807, 2.05) is 13.8 Å². The fraction of sp³-hybridized carbons (Fsp3) is 0.667. The molecule has 0 aliphatic carbocycles. The van der Waals surface area contributed by atoms with Gasteiger partial charge in [0.2, 0.25) is 0 Å². The third-order valence-electron chi connectivity index (χ3n) is 4.84. The van der Waals surface area contributed by atoms with E-state index in [2.05, 4.69) is 58.6 Å². The zero-order valence-electron chi connectivity index (χ0n) is 18.1. The minimum Gasteiger partial charge on any atom is -0.377 e. The maximum absolute atomic E-state index is 5.81. The standard InChI is InChI=1S/C21H36N4O2.HI/c1-16-12-25(13-17(2)27-16)14-19-9-7-18(8-10-19)11-23-20(22-5)24-15-21(3,4)26-6;/h7-10,16-17H,11-15H2,1-6H3,(H2,22,23,24);1H. The predicted molar refractivity (Wildman–Crippen MR) is 126 cm³/mol. The van der Waals surface area contributed by atoms with Gasteiger partial charge in [-0.15, -0.1) is 24.0 Å². The van der Waals surface area contributed by atoms with Crippen molar-refractivity contribution in [1.82, 2.24) is 15.5 Å². The van der Waals surface area contributed by atoms with E-state index in [-0.39, 0.29) is 29.6 Å². The topological polar surface area (TPSA) is 58.1 Å². The number of aliphatic imine (C=N–C) groups is 1. The SMILES string of the molecule is CN=C(NCc1ccc(CN2CC(C)OC(C)C2)cc1)NCC(C)(C)OC.I. The summed E-state index contributed by atoms with van der Waals surface area (Å²) in [4.78, 5) is 6.74. The quantitative estimate of drug-likeness (QED) is 0.340. The second-order valence-electron chi connectivity index (χ2n) is 8.01. The molecule has 2 atom stereocenters. The summed E-state index contributed by atoms with van der Waals surface area (Å²) in [6.45, 7) is 12.8. The highest BCUT2D eigenvalue weighted by molar-refractivity contribution is 14.0. The average Bonchev–Trinajstić information content (AvgIpc) is 2.62. The molecule has 0 amide bonds. The molecular formula is C21H37IN4O2. The van der Waals surface area contributed by atoms with Crippen molar-refractivity contribution in [3.05, 3.63) is 35.4 Å². The number of ether oxygens (including phenoxy) is 2. The number of hydrogen-bond acceptors (Lipinski definition) is 4. The molecule has 2 N–H and O–H groups in total. The number of benzene rings is 1. The minimum absolute atomic E-state index is 0. The Morgan fingerprint density at radius 2 is 1.71 bits per heavy atom. The zero-order valence-corrected chi connectivity index (χ0v) is 20.4.